The summed E-state index contributed by atoms with van der Waals surface area (Å²) >= 11 is 0. The van der Waals surface area contributed by atoms with E-state index in [1.54, 1.807) is 12.1 Å². The molecule has 24 heavy (non-hydrogen) atoms. The van der Waals surface area contributed by atoms with Crippen molar-refractivity contribution < 1.29 is 22.8 Å². The Hall–Kier alpha value is -2.45. The zero-order valence-electron chi connectivity index (χ0n) is 12.8. The molecule has 3 rings (SSSR count). The van der Waals surface area contributed by atoms with Crippen LogP contribution >= 0.6 is 0 Å². The number of nitro benzene ring substituents is 1. The van der Waals surface area contributed by atoms with Gasteiger partial charge in [0, 0.05) is 6.07 Å². The summed E-state index contributed by atoms with van der Waals surface area (Å²) in [5.41, 5.74) is 0.699. The molecule has 0 spiro atoms. The van der Waals surface area contributed by atoms with Gasteiger partial charge in [0.1, 0.15) is 23.4 Å². The fraction of sp³-hybridized carbons (Fsp3) is 0.250. The number of rotatable bonds is 6. The summed E-state index contributed by atoms with van der Waals surface area (Å²) in [6, 6.07) is 9.87. The minimum absolute atomic E-state index is 0.0414. The van der Waals surface area contributed by atoms with E-state index in [9.17, 15) is 18.5 Å². The molecule has 0 radical (unpaired) electrons. The third-order valence-corrected chi connectivity index (χ3v) is 5.40. The molecule has 0 aromatic heterocycles. The highest BCUT2D eigenvalue weighted by atomic mass is 32.2. The van der Waals surface area contributed by atoms with Gasteiger partial charge in [-0.05, 0) is 25.1 Å². The molecule has 7 nitrogen and oxygen atoms in total. The van der Waals surface area contributed by atoms with Crippen LogP contribution in [0, 0.1) is 17.0 Å². The highest BCUT2D eigenvalue weighted by Crippen LogP contribution is 2.33. The molecule has 1 saturated heterocycles. The van der Waals surface area contributed by atoms with E-state index >= 15 is 0 Å². The molecule has 0 bridgehead atoms. The van der Waals surface area contributed by atoms with E-state index in [1.807, 2.05) is 6.92 Å². The third kappa shape index (κ3) is 3.39. The zero-order chi connectivity index (χ0) is 17.3. The van der Waals surface area contributed by atoms with Crippen molar-refractivity contribution in [3.05, 3.63) is 58.1 Å². The van der Waals surface area contributed by atoms with Crippen molar-refractivity contribution in [1.82, 2.24) is 0 Å². The lowest BCUT2D eigenvalue weighted by atomic mass is 10.2. The number of aryl methyl sites for hydroxylation is 1. The number of benzene rings is 2. The number of sulfone groups is 1. The number of nitrogens with zero attached hydrogens (tertiary/aromatic N) is 1. The van der Waals surface area contributed by atoms with E-state index in [1.165, 1.54) is 18.2 Å². The maximum Gasteiger partial charge on any atom is 0.273 e. The summed E-state index contributed by atoms with van der Waals surface area (Å²) in [6.07, 6.45) is -0.0980. The molecule has 0 N–H and O–H groups in total. The molecule has 8 heteroatoms. The van der Waals surface area contributed by atoms with Gasteiger partial charge >= 0.3 is 0 Å². The molecule has 126 valence electrons. The fourth-order valence-corrected chi connectivity index (χ4v) is 3.51. The van der Waals surface area contributed by atoms with Crippen molar-refractivity contribution in [1.29, 1.82) is 0 Å². The molecule has 2 aromatic rings. The fourth-order valence-electron chi connectivity index (χ4n) is 2.14. The lowest BCUT2D eigenvalue weighted by Gasteiger charge is -2.11. The molecule has 0 saturated carbocycles. The molecule has 0 amide bonds. The van der Waals surface area contributed by atoms with E-state index in [-0.39, 0.29) is 33.9 Å². The Kier molecular flexibility index (Phi) is 4.25. The normalized spacial score (nSPS) is 16.6. The van der Waals surface area contributed by atoms with Crippen molar-refractivity contribution >= 4 is 15.5 Å². The van der Waals surface area contributed by atoms with Gasteiger partial charge in [0.25, 0.3) is 5.69 Å². The topological polar surface area (TPSA) is 99.0 Å². The van der Waals surface area contributed by atoms with Crippen molar-refractivity contribution in [2.24, 2.45) is 0 Å². The monoisotopic (exact) mass is 349 g/mol. The Morgan fingerprint density at radius 3 is 2.50 bits per heavy atom. The van der Waals surface area contributed by atoms with Crippen molar-refractivity contribution in [2.75, 3.05) is 13.2 Å². The van der Waals surface area contributed by atoms with Crippen LogP contribution in [0.2, 0.25) is 0 Å². The average molecular weight is 349 g/mol. The first kappa shape index (κ1) is 16.4. The van der Waals surface area contributed by atoms with Crippen LogP contribution in [0.15, 0.2) is 52.3 Å². The molecule has 1 atom stereocenters. The number of nitro groups is 1. The standard InChI is InChI=1S/C16H15NO6S/c1-11-2-5-14(6-3-11)24(20,21)16-7-4-12(17(18)19)8-15(16)23-10-13-9-22-13/h2-8,13H,9-10H2,1H3. The van der Waals surface area contributed by atoms with Gasteiger partial charge < -0.3 is 9.47 Å². The first-order valence-corrected chi connectivity index (χ1v) is 8.71. The van der Waals surface area contributed by atoms with E-state index in [4.69, 9.17) is 9.47 Å². The molecule has 1 unspecified atom stereocenters. The molecule has 1 aliphatic rings. The van der Waals surface area contributed by atoms with Crippen LogP contribution in [0.3, 0.4) is 0 Å². The molecular weight excluding hydrogens is 334 g/mol. The Labute approximate surface area is 138 Å². The van der Waals surface area contributed by atoms with Crippen LogP contribution in [-0.2, 0) is 14.6 Å². The Balaban J connectivity index is 2.03. The van der Waals surface area contributed by atoms with Crippen molar-refractivity contribution in [2.45, 2.75) is 22.8 Å². The van der Waals surface area contributed by atoms with Gasteiger partial charge in [0.15, 0.2) is 0 Å². The molecule has 2 aromatic carbocycles. The maximum absolute atomic E-state index is 12.8. The van der Waals surface area contributed by atoms with Gasteiger partial charge in [-0.1, -0.05) is 17.7 Å². The number of non-ortho nitro benzene ring substituents is 1. The van der Waals surface area contributed by atoms with Gasteiger partial charge in [-0.3, -0.25) is 10.1 Å². The largest absolute Gasteiger partial charge is 0.489 e. The molecule has 1 fully saturated rings. The van der Waals surface area contributed by atoms with Gasteiger partial charge in [-0.2, -0.15) is 0 Å². The van der Waals surface area contributed by atoms with Crippen LogP contribution in [-0.4, -0.2) is 32.7 Å². The van der Waals surface area contributed by atoms with Gasteiger partial charge in [0.05, 0.1) is 22.5 Å². The van der Waals surface area contributed by atoms with E-state index in [0.29, 0.717) is 6.61 Å². The molecule has 1 aliphatic heterocycles. The SMILES string of the molecule is Cc1ccc(S(=O)(=O)c2ccc([N+](=O)[O-])cc2OCC2CO2)cc1. The first-order valence-electron chi connectivity index (χ1n) is 7.22. The number of epoxide rings is 1. The van der Waals surface area contributed by atoms with Crippen molar-refractivity contribution in [3.63, 3.8) is 0 Å². The summed E-state index contributed by atoms with van der Waals surface area (Å²) in [5.74, 6) is -0.0414. The van der Waals surface area contributed by atoms with Crippen LogP contribution in [0.4, 0.5) is 5.69 Å². The second kappa shape index (κ2) is 6.21. The third-order valence-electron chi connectivity index (χ3n) is 3.59. The lowest BCUT2D eigenvalue weighted by molar-refractivity contribution is -0.385. The molecular formula is C16H15NO6S. The average Bonchev–Trinajstić information content (AvgIpc) is 3.37. The van der Waals surface area contributed by atoms with Crippen LogP contribution in [0.1, 0.15) is 5.56 Å². The summed E-state index contributed by atoms with van der Waals surface area (Å²) in [5, 5.41) is 10.9. The smallest absolute Gasteiger partial charge is 0.273 e. The predicted octanol–water partition coefficient (Wildman–Crippen LogP) is 2.51. The molecule has 1 heterocycles. The quantitative estimate of drug-likeness (QED) is 0.451. The van der Waals surface area contributed by atoms with E-state index < -0.39 is 14.8 Å². The van der Waals surface area contributed by atoms with Crippen molar-refractivity contribution in [3.8, 4) is 5.75 Å². The van der Waals surface area contributed by atoms with Crippen LogP contribution in [0.5, 0.6) is 5.75 Å². The zero-order valence-corrected chi connectivity index (χ0v) is 13.7. The van der Waals surface area contributed by atoms with Gasteiger partial charge in [0.2, 0.25) is 9.84 Å². The minimum Gasteiger partial charge on any atom is -0.489 e. The van der Waals surface area contributed by atoms with Crippen LogP contribution < -0.4 is 4.74 Å². The first-order chi connectivity index (χ1) is 11.4. The summed E-state index contributed by atoms with van der Waals surface area (Å²) in [4.78, 5) is 10.4. The second-order valence-electron chi connectivity index (χ2n) is 5.47. The lowest BCUT2D eigenvalue weighted by Crippen LogP contribution is -2.10. The molecule has 0 aliphatic carbocycles. The highest BCUT2D eigenvalue weighted by molar-refractivity contribution is 7.91. The Bertz CT molecular complexity index is 872. The highest BCUT2D eigenvalue weighted by Gasteiger charge is 2.28. The van der Waals surface area contributed by atoms with E-state index in [0.717, 1.165) is 17.7 Å². The minimum atomic E-state index is -3.84. The second-order valence-corrected chi connectivity index (χ2v) is 7.39. The predicted molar refractivity (Wildman–Crippen MR) is 85.0 cm³/mol. The van der Waals surface area contributed by atoms with Gasteiger partial charge in [-0.25, -0.2) is 8.42 Å². The van der Waals surface area contributed by atoms with E-state index in [2.05, 4.69) is 0 Å². The van der Waals surface area contributed by atoms with Crippen LogP contribution in [0.25, 0.3) is 0 Å². The summed E-state index contributed by atoms with van der Waals surface area (Å²) in [6.45, 7) is 2.54. The Morgan fingerprint density at radius 2 is 1.92 bits per heavy atom. The summed E-state index contributed by atoms with van der Waals surface area (Å²) < 4.78 is 36.2. The Morgan fingerprint density at radius 1 is 1.25 bits per heavy atom. The number of hydrogen-bond acceptors (Lipinski definition) is 6. The number of ether oxygens (including phenoxy) is 2. The number of hydrogen-bond donors (Lipinski definition) is 0. The van der Waals surface area contributed by atoms with Gasteiger partial charge in [-0.15, -0.1) is 0 Å². The summed E-state index contributed by atoms with van der Waals surface area (Å²) in [7, 11) is -3.84. The maximum atomic E-state index is 12.8.